The average molecular weight is 275 g/mol. The fourth-order valence-electron chi connectivity index (χ4n) is 2.22. The minimum absolute atomic E-state index is 0.0735. The van der Waals surface area contributed by atoms with Gasteiger partial charge in [0.1, 0.15) is 5.82 Å². The fourth-order valence-corrected chi connectivity index (χ4v) is 2.22. The van der Waals surface area contributed by atoms with Crippen LogP contribution in [0.4, 0.5) is 0 Å². The standard InChI is InChI=1S/C13H13N3O4/c1-6-8(12(17)18)9(7-4-2-3-5-15-7)10(13(19)20)11(14)16-6/h2-5,9,16H,14H2,1H3,(H,17,18)(H,19,20)/t9-/m1/s1. The molecule has 0 fully saturated rings. The van der Waals surface area contributed by atoms with Crippen LogP contribution in [-0.4, -0.2) is 27.1 Å². The molecule has 0 amide bonds. The topological polar surface area (TPSA) is 126 Å². The number of carboxylic acids is 2. The zero-order valence-corrected chi connectivity index (χ0v) is 10.6. The quantitative estimate of drug-likeness (QED) is 0.628. The molecule has 20 heavy (non-hydrogen) atoms. The Morgan fingerprint density at radius 1 is 1.25 bits per heavy atom. The van der Waals surface area contributed by atoms with Gasteiger partial charge in [0, 0.05) is 11.9 Å². The third-order valence-electron chi connectivity index (χ3n) is 3.04. The highest BCUT2D eigenvalue weighted by molar-refractivity contribution is 5.98. The van der Waals surface area contributed by atoms with Gasteiger partial charge in [0.2, 0.25) is 0 Å². The van der Waals surface area contributed by atoms with Crippen molar-refractivity contribution in [1.29, 1.82) is 0 Å². The average Bonchev–Trinajstić information content (AvgIpc) is 2.37. The number of nitrogens with two attached hydrogens (primary N) is 1. The van der Waals surface area contributed by atoms with Crippen LogP contribution in [-0.2, 0) is 9.59 Å². The Bertz CT molecular complexity index is 598. The van der Waals surface area contributed by atoms with E-state index in [-0.39, 0.29) is 17.0 Å². The van der Waals surface area contributed by atoms with Gasteiger partial charge in [-0.1, -0.05) is 6.07 Å². The molecule has 0 aromatic carbocycles. The summed E-state index contributed by atoms with van der Waals surface area (Å²) in [7, 11) is 0. The normalized spacial score (nSPS) is 18.8. The van der Waals surface area contributed by atoms with Crippen LogP contribution in [0.2, 0.25) is 0 Å². The van der Waals surface area contributed by atoms with E-state index in [1.54, 1.807) is 18.2 Å². The van der Waals surface area contributed by atoms with E-state index in [4.69, 9.17) is 5.73 Å². The first-order valence-electron chi connectivity index (χ1n) is 5.78. The van der Waals surface area contributed by atoms with E-state index in [0.29, 0.717) is 11.4 Å². The smallest absolute Gasteiger partial charge is 0.336 e. The van der Waals surface area contributed by atoms with Crippen molar-refractivity contribution in [2.75, 3.05) is 0 Å². The van der Waals surface area contributed by atoms with E-state index >= 15 is 0 Å². The summed E-state index contributed by atoms with van der Waals surface area (Å²) in [6.07, 6.45) is 1.47. The number of rotatable bonds is 3. The number of nitrogens with zero attached hydrogens (tertiary/aromatic N) is 1. The molecule has 0 unspecified atom stereocenters. The lowest BCUT2D eigenvalue weighted by molar-refractivity contribution is -0.133. The molecule has 2 rings (SSSR count). The minimum atomic E-state index is -1.28. The largest absolute Gasteiger partial charge is 0.478 e. The van der Waals surface area contributed by atoms with Gasteiger partial charge in [-0.15, -0.1) is 0 Å². The molecule has 2 heterocycles. The molecule has 0 radical (unpaired) electrons. The molecule has 1 aliphatic rings. The van der Waals surface area contributed by atoms with Crippen LogP contribution >= 0.6 is 0 Å². The predicted octanol–water partition coefficient (Wildman–Crippen LogP) is 0.382. The van der Waals surface area contributed by atoms with Gasteiger partial charge in [0.15, 0.2) is 0 Å². The van der Waals surface area contributed by atoms with E-state index in [1.807, 2.05) is 0 Å². The summed E-state index contributed by atoms with van der Waals surface area (Å²) in [4.78, 5) is 26.9. The van der Waals surface area contributed by atoms with Crippen LogP contribution in [0.5, 0.6) is 0 Å². The third-order valence-corrected chi connectivity index (χ3v) is 3.04. The Hall–Kier alpha value is -2.83. The molecule has 0 spiro atoms. The number of allylic oxidation sites excluding steroid dienone is 1. The van der Waals surface area contributed by atoms with E-state index in [2.05, 4.69) is 10.3 Å². The molecule has 7 nitrogen and oxygen atoms in total. The molecule has 1 aliphatic heterocycles. The van der Waals surface area contributed by atoms with Crippen molar-refractivity contribution in [1.82, 2.24) is 10.3 Å². The lowest BCUT2D eigenvalue weighted by atomic mass is 9.84. The van der Waals surface area contributed by atoms with E-state index < -0.39 is 17.9 Å². The lowest BCUT2D eigenvalue weighted by Crippen LogP contribution is -2.35. The lowest BCUT2D eigenvalue weighted by Gasteiger charge is -2.27. The first-order valence-corrected chi connectivity index (χ1v) is 5.78. The second kappa shape index (κ2) is 5.04. The summed E-state index contributed by atoms with van der Waals surface area (Å²) >= 11 is 0. The van der Waals surface area contributed by atoms with Crippen LogP contribution in [0, 0.1) is 0 Å². The Kier molecular flexibility index (Phi) is 3.43. The molecule has 0 saturated heterocycles. The molecule has 0 bridgehead atoms. The summed E-state index contributed by atoms with van der Waals surface area (Å²) in [6.45, 7) is 1.53. The monoisotopic (exact) mass is 275 g/mol. The van der Waals surface area contributed by atoms with Gasteiger partial charge in [0.25, 0.3) is 0 Å². The van der Waals surface area contributed by atoms with Crippen LogP contribution < -0.4 is 11.1 Å². The highest BCUT2D eigenvalue weighted by atomic mass is 16.4. The predicted molar refractivity (Wildman–Crippen MR) is 69.3 cm³/mol. The third kappa shape index (κ3) is 2.20. The summed E-state index contributed by atoms with van der Waals surface area (Å²) in [5.41, 5.74) is 6.03. The number of pyridine rings is 1. The minimum Gasteiger partial charge on any atom is -0.478 e. The number of dihydropyridines is 1. The molecule has 1 atom stereocenters. The number of carbonyl (C=O) groups is 2. The molecule has 104 valence electrons. The summed E-state index contributed by atoms with van der Waals surface area (Å²) in [5, 5.41) is 21.2. The molecule has 5 N–H and O–H groups in total. The Morgan fingerprint density at radius 3 is 2.40 bits per heavy atom. The van der Waals surface area contributed by atoms with Crippen molar-refractivity contribution >= 4 is 11.9 Å². The van der Waals surface area contributed by atoms with Crippen molar-refractivity contribution in [2.45, 2.75) is 12.8 Å². The Balaban J connectivity index is 2.67. The molecule has 1 aromatic rings. The summed E-state index contributed by atoms with van der Waals surface area (Å²) in [6, 6.07) is 4.90. The number of hydrogen-bond donors (Lipinski definition) is 4. The second-order valence-corrected chi connectivity index (χ2v) is 4.29. The zero-order valence-electron chi connectivity index (χ0n) is 10.6. The first-order chi connectivity index (χ1) is 9.43. The zero-order chi connectivity index (χ0) is 14.9. The molecule has 0 aliphatic carbocycles. The maximum Gasteiger partial charge on any atom is 0.336 e. The molecular weight excluding hydrogens is 262 g/mol. The number of aliphatic carboxylic acids is 2. The molecule has 7 heteroatoms. The van der Waals surface area contributed by atoms with Crippen LogP contribution in [0.3, 0.4) is 0 Å². The molecule has 1 aromatic heterocycles. The van der Waals surface area contributed by atoms with Crippen molar-refractivity contribution in [3.63, 3.8) is 0 Å². The van der Waals surface area contributed by atoms with Gasteiger partial charge in [0.05, 0.1) is 22.8 Å². The van der Waals surface area contributed by atoms with Gasteiger partial charge in [-0.25, -0.2) is 9.59 Å². The molecular formula is C13H13N3O4. The summed E-state index contributed by atoms with van der Waals surface area (Å²) in [5.74, 6) is -3.57. The fraction of sp³-hybridized carbons (Fsp3) is 0.154. The van der Waals surface area contributed by atoms with Gasteiger partial charge in [-0.2, -0.15) is 0 Å². The SMILES string of the molecule is CC1=C(C(=O)O)[C@@H](c2ccccn2)C(C(=O)O)=C(N)N1. The van der Waals surface area contributed by atoms with Gasteiger partial charge in [-0.05, 0) is 19.1 Å². The van der Waals surface area contributed by atoms with Gasteiger partial charge >= 0.3 is 11.9 Å². The number of carboxylic acid groups (broad SMARTS) is 2. The number of hydrogen-bond acceptors (Lipinski definition) is 5. The van der Waals surface area contributed by atoms with Crippen molar-refractivity contribution in [2.24, 2.45) is 5.73 Å². The second-order valence-electron chi connectivity index (χ2n) is 4.29. The highest BCUT2D eigenvalue weighted by Gasteiger charge is 2.37. The number of nitrogens with one attached hydrogen (secondary N) is 1. The van der Waals surface area contributed by atoms with E-state index in [1.165, 1.54) is 13.1 Å². The highest BCUT2D eigenvalue weighted by Crippen LogP contribution is 2.36. The van der Waals surface area contributed by atoms with Crippen LogP contribution in [0.1, 0.15) is 18.5 Å². The summed E-state index contributed by atoms with van der Waals surface area (Å²) < 4.78 is 0. The van der Waals surface area contributed by atoms with E-state index in [0.717, 1.165) is 0 Å². The maximum atomic E-state index is 11.4. The maximum absolute atomic E-state index is 11.4. The van der Waals surface area contributed by atoms with Gasteiger partial charge < -0.3 is 21.3 Å². The Morgan fingerprint density at radius 2 is 1.90 bits per heavy atom. The van der Waals surface area contributed by atoms with Gasteiger partial charge in [-0.3, -0.25) is 4.98 Å². The molecule has 0 saturated carbocycles. The number of aromatic nitrogens is 1. The van der Waals surface area contributed by atoms with Crippen molar-refractivity contribution in [3.05, 3.63) is 52.8 Å². The Labute approximate surface area is 114 Å². The van der Waals surface area contributed by atoms with Crippen molar-refractivity contribution in [3.8, 4) is 0 Å². The van der Waals surface area contributed by atoms with Crippen LogP contribution in [0.25, 0.3) is 0 Å². The van der Waals surface area contributed by atoms with Crippen LogP contribution in [0.15, 0.2) is 47.1 Å². The van der Waals surface area contributed by atoms with Crippen molar-refractivity contribution < 1.29 is 19.8 Å². The first kappa shape index (κ1) is 13.6. The van der Waals surface area contributed by atoms with E-state index in [9.17, 15) is 19.8 Å².